The molecule has 7 heteroatoms. The summed E-state index contributed by atoms with van der Waals surface area (Å²) in [5.41, 5.74) is 6.11. The Balaban J connectivity index is 1.48. The third-order valence-electron chi connectivity index (χ3n) is 5.85. The topological polar surface area (TPSA) is 97.4 Å². The number of fused-ring (bicyclic) bond motifs is 1. The number of anilines is 1. The van der Waals surface area contributed by atoms with E-state index in [1.165, 1.54) is 0 Å². The van der Waals surface area contributed by atoms with Gasteiger partial charge in [-0.05, 0) is 79.8 Å². The van der Waals surface area contributed by atoms with Crippen molar-refractivity contribution in [3.05, 3.63) is 70.4 Å². The molecule has 1 aliphatic heterocycles. The zero-order valence-electron chi connectivity index (χ0n) is 18.3. The molecule has 2 aromatic carbocycles. The van der Waals surface area contributed by atoms with Crippen molar-refractivity contribution in [3.63, 3.8) is 0 Å². The van der Waals surface area contributed by atoms with Crippen LogP contribution in [0.5, 0.6) is 0 Å². The molecule has 0 spiro atoms. The highest BCUT2D eigenvalue weighted by molar-refractivity contribution is 6.01. The van der Waals surface area contributed by atoms with E-state index < -0.39 is 12.0 Å². The van der Waals surface area contributed by atoms with Crippen molar-refractivity contribution in [2.24, 2.45) is 0 Å². The van der Waals surface area contributed by atoms with Crippen molar-refractivity contribution in [2.75, 3.05) is 5.32 Å². The van der Waals surface area contributed by atoms with Crippen LogP contribution in [0, 0.1) is 20.8 Å². The zero-order valence-corrected chi connectivity index (χ0v) is 18.3. The summed E-state index contributed by atoms with van der Waals surface area (Å²) in [7, 11) is 0. The summed E-state index contributed by atoms with van der Waals surface area (Å²) < 4.78 is 5.38. The standard InChI is InChI=1S/C25H25N3O4/c1-14-4-6-19(10-15(14)2)27-25(31)32-13-17-5-8-22-18(11-17)12-21(16(3)26-22)20-7-9-23(29)28-24(20)30/h4-6,8,10-12,20H,7,9,13H2,1-3H3,(H,27,31)(H,28,29,30). The maximum absolute atomic E-state index is 12.3. The quantitative estimate of drug-likeness (QED) is 0.596. The second-order valence-corrected chi connectivity index (χ2v) is 8.19. The number of aromatic nitrogens is 1. The minimum Gasteiger partial charge on any atom is -0.444 e. The molecule has 0 radical (unpaired) electrons. The van der Waals surface area contributed by atoms with Gasteiger partial charge in [-0.1, -0.05) is 12.1 Å². The monoisotopic (exact) mass is 431 g/mol. The Labute approximate surface area is 186 Å². The minimum absolute atomic E-state index is 0.105. The molecule has 1 fully saturated rings. The fraction of sp³-hybridized carbons (Fsp3) is 0.280. The smallest absolute Gasteiger partial charge is 0.411 e. The Morgan fingerprint density at radius 1 is 1.09 bits per heavy atom. The lowest BCUT2D eigenvalue weighted by atomic mass is 9.88. The Bertz CT molecular complexity index is 1240. The fourth-order valence-electron chi connectivity index (χ4n) is 3.89. The molecule has 7 nitrogen and oxygen atoms in total. The number of hydrogen-bond donors (Lipinski definition) is 2. The second-order valence-electron chi connectivity index (χ2n) is 8.19. The molecule has 164 valence electrons. The summed E-state index contributed by atoms with van der Waals surface area (Å²) in [6.45, 7) is 5.97. The van der Waals surface area contributed by atoms with Crippen LogP contribution in [0.4, 0.5) is 10.5 Å². The van der Waals surface area contributed by atoms with Crippen molar-refractivity contribution in [1.29, 1.82) is 0 Å². The molecule has 2 N–H and O–H groups in total. The first-order valence-corrected chi connectivity index (χ1v) is 10.5. The number of benzene rings is 2. The van der Waals surface area contributed by atoms with Crippen LogP contribution >= 0.6 is 0 Å². The van der Waals surface area contributed by atoms with Gasteiger partial charge in [0.25, 0.3) is 0 Å². The van der Waals surface area contributed by atoms with Gasteiger partial charge in [0, 0.05) is 23.2 Å². The lowest BCUT2D eigenvalue weighted by Gasteiger charge is -2.22. The predicted molar refractivity (Wildman–Crippen MR) is 121 cm³/mol. The molecule has 4 rings (SSSR count). The van der Waals surface area contributed by atoms with Gasteiger partial charge in [0.15, 0.2) is 0 Å². The normalized spacial score (nSPS) is 16.0. The van der Waals surface area contributed by atoms with Crippen LogP contribution in [0.25, 0.3) is 10.9 Å². The van der Waals surface area contributed by atoms with Crippen LogP contribution < -0.4 is 10.6 Å². The second kappa shape index (κ2) is 8.78. The number of rotatable bonds is 4. The number of pyridine rings is 1. The fourth-order valence-corrected chi connectivity index (χ4v) is 3.89. The average molecular weight is 431 g/mol. The van der Waals surface area contributed by atoms with Gasteiger partial charge in [0.2, 0.25) is 11.8 Å². The minimum atomic E-state index is -0.528. The molecule has 1 aliphatic rings. The molecular weight excluding hydrogens is 406 g/mol. The van der Waals surface area contributed by atoms with Crippen LogP contribution in [0.1, 0.15) is 46.7 Å². The summed E-state index contributed by atoms with van der Waals surface area (Å²) in [5.74, 6) is -0.919. The van der Waals surface area contributed by atoms with Gasteiger partial charge in [-0.25, -0.2) is 4.79 Å². The average Bonchev–Trinajstić information content (AvgIpc) is 2.75. The van der Waals surface area contributed by atoms with Crippen molar-refractivity contribution in [1.82, 2.24) is 10.3 Å². The van der Waals surface area contributed by atoms with E-state index in [2.05, 4.69) is 15.6 Å². The highest BCUT2D eigenvalue weighted by atomic mass is 16.5. The number of carbonyl (C=O) groups excluding carboxylic acids is 3. The summed E-state index contributed by atoms with van der Waals surface area (Å²) in [4.78, 5) is 40.6. The van der Waals surface area contributed by atoms with Crippen LogP contribution in [0.15, 0.2) is 42.5 Å². The first-order valence-electron chi connectivity index (χ1n) is 10.5. The van der Waals surface area contributed by atoms with Gasteiger partial charge in [0.1, 0.15) is 6.61 Å². The maximum atomic E-state index is 12.3. The number of ether oxygens (including phenoxy) is 1. The molecular formula is C25H25N3O4. The third kappa shape index (κ3) is 4.61. The summed E-state index contributed by atoms with van der Waals surface area (Å²) in [6.07, 6.45) is 0.261. The molecule has 1 atom stereocenters. The Morgan fingerprint density at radius 3 is 2.66 bits per heavy atom. The highest BCUT2D eigenvalue weighted by Crippen LogP contribution is 2.29. The molecule has 0 saturated carbocycles. The Hall–Kier alpha value is -3.74. The first kappa shape index (κ1) is 21.5. The number of imide groups is 1. The van der Waals surface area contributed by atoms with Gasteiger partial charge in [0.05, 0.1) is 11.4 Å². The number of nitrogens with one attached hydrogen (secondary N) is 2. The molecule has 3 aromatic rings. The number of piperidine rings is 1. The number of aryl methyl sites for hydroxylation is 3. The summed E-state index contributed by atoms with van der Waals surface area (Å²) >= 11 is 0. The molecule has 2 heterocycles. The number of carbonyl (C=O) groups is 3. The van der Waals surface area contributed by atoms with Crippen LogP contribution in [0.2, 0.25) is 0 Å². The van der Waals surface area contributed by atoms with Gasteiger partial charge < -0.3 is 4.74 Å². The maximum Gasteiger partial charge on any atom is 0.411 e. The molecule has 1 aromatic heterocycles. The van der Waals surface area contributed by atoms with Crippen LogP contribution in [-0.4, -0.2) is 22.9 Å². The van der Waals surface area contributed by atoms with E-state index in [0.717, 1.165) is 38.9 Å². The van der Waals surface area contributed by atoms with E-state index in [1.54, 1.807) is 0 Å². The zero-order chi connectivity index (χ0) is 22.8. The summed E-state index contributed by atoms with van der Waals surface area (Å²) in [6, 6.07) is 13.3. The number of nitrogens with zero attached hydrogens (tertiary/aromatic N) is 1. The van der Waals surface area contributed by atoms with Crippen molar-refractivity contribution < 1.29 is 19.1 Å². The van der Waals surface area contributed by atoms with Gasteiger partial charge in [-0.2, -0.15) is 0 Å². The molecule has 3 amide bonds. The molecule has 1 saturated heterocycles. The number of amides is 3. The first-order chi connectivity index (χ1) is 15.3. The summed E-state index contributed by atoms with van der Waals surface area (Å²) in [5, 5.41) is 6.00. The van der Waals surface area contributed by atoms with Crippen LogP contribution in [0.3, 0.4) is 0 Å². The Morgan fingerprint density at radius 2 is 1.91 bits per heavy atom. The predicted octanol–water partition coefficient (Wildman–Crippen LogP) is 4.43. The van der Waals surface area contributed by atoms with E-state index >= 15 is 0 Å². The van der Waals surface area contributed by atoms with E-state index in [1.807, 2.05) is 63.2 Å². The lowest BCUT2D eigenvalue weighted by Crippen LogP contribution is -2.39. The number of hydrogen-bond acceptors (Lipinski definition) is 5. The molecule has 1 unspecified atom stereocenters. The highest BCUT2D eigenvalue weighted by Gasteiger charge is 2.29. The largest absolute Gasteiger partial charge is 0.444 e. The van der Waals surface area contributed by atoms with E-state index in [-0.39, 0.29) is 18.4 Å². The molecule has 0 aliphatic carbocycles. The van der Waals surface area contributed by atoms with Crippen molar-refractivity contribution in [2.45, 2.75) is 46.1 Å². The van der Waals surface area contributed by atoms with E-state index in [0.29, 0.717) is 18.5 Å². The molecule has 0 bridgehead atoms. The SMILES string of the molecule is Cc1ccc(NC(=O)OCc2ccc3nc(C)c(C4CCC(=O)NC4=O)cc3c2)cc1C. The van der Waals surface area contributed by atoms with Gasteiger partial charge in [-0.15, -0.1) is 0 Å². The van der Waals surface area contributed by atoms with Crippen molar-refractivity contribution >= 4 is 34.5 Å². The van der Waals surface area contributed by atoms with Crippen molar-refractivity contribution in [3.8, 4) is 0 Å². The molecule has 32 heavy (non-hydrogen) atoms. The van der Waals surface area contributed by atoms with E-state index in [4.69, 9.17) is 4.74 Å². The third-order valence-corrected chi connectivity index (χ3v) is 5.85. The Kier molecular flexibility index (Phi) is 5.90. The van der Waals surface area contributed by atoms with Crippen LogP contribution in [-0.2, 0) is 20.9 Å². The van der Waals surface area contributed by atoms with Gasteiger partial charge >= 0.3 is 6.09 Å². The lowest BCUT2D eigenvalue weighted by molar-refractivity contribution is -0.134. The van der Waals surface area contributed by atoms with Gasteiger partial charge in [-0.3, -0.25) is 25.2 Å². The van der Waals surface area contributed by atoms with E-state index in [9.17, 15) is 14.4 Å².